The summed E-state index contributed by atoms with van der Waals surface area (Å²) in [4.78, 5) is 23.2. The number of hydrogen-bond acceptors (Lipinski definition) is 5. The fraction of sp³-hybridized carbons (Fsp3) is 0.300. The Morgan fingerprint density at radius 2 is 1.93 bits per heavy atom. The summed E-state index contributed by atoms with van der Waals surface area (Å²) < 4.78 is 11.5. The van der Waals surface area contributed by atoms with Crippen molar-refractivity contribution in [1.82, 2.24) is 5.32 Å². The quantitative estimate of drug-likeness (QED) is 0.421. The van der Waals surface area contributed by atoms with Gasteiger partial charge in [0.15, 0.2) is 0 Å². The fourth-order valence-corrected chi connectivity index (χ4v) is 3.88. The van der Waals surface area contributed by atoms with E-state index in [4.69, 9.17) is 21.1 Å². The summed E-state index contributed by atoms with van der Waals surface area (Å²) >= 11 is 10.8. The molecule has 0 saturated heterocycles. The molecule has 2 aromatic carbocycles. The first-order chi connectivity index (χ1) is 14.0. The molecule has 0 saturated carbocycles. The van der Waals surface area contributed by atoms with Crippen molar-refractivity contribution in [1.29, 1.82) is 0 Å². The van der Waals surface area contributed by atoms with Crippen LogP contribution in [0.3, 0.4) is 0 Å². The standard InChI is InChI=1S/C20H21BrClNO5S/c21-16-12-15(22)6-7-18(16)27-9-11-29-10-8-17(19(24)25)23-20(26)28-13-14-4-2-1-3-5-14/h1-7,12,17H,8-11,13H2,(H,23,26)(H,24,25). The predicted octanol–water partition coefficient (Wildman–Crippen LogP) is 4.98. The number of halogens is 2. The van der Waals surface area contributed by atoms with Crippen molar-refractivity contribution >= 4 is 51.4 Å². The zero-order valence-corrected chi connectivity index (χ0v) is 18.6. The molecule has 6 nitrogen and oxygen atoms in total. The summed E-state index contributed by atoms with van der Waals surface area (Å²) in [5.74, 6) is 0.839. The molecule has 156 valence electrons. The van der Waals surface area contributed by atoms with Crippen LogP contribution in [0.25, 0.3) is 0 Å². The first-order valence-electron chi connectivity index (χ1n) is 8.81. The van der Waals surface area contributed by atoms with Crippen LogP contribution in [0.2, 0.25) is 5.02 Å². The minimum Gasteiger partial charge on any atom is -0.492 e. The van der Waals surface area contributed by atoms with E-state index in [-0.39, 0.29) is 13.0 Å². The molecule has 2 rings (SSSR count). The third-order valence-corrected chi connectivity index (χ3v) is 5.57. The largest absolute Gasteiger partial charge is 0.492 e. The number of carboxylic acid groups (broad SMARTS) is 1. The van der Waals surface area contributed by atoms with Crippen LogP contribution in [0, 0.1) is 0 Å². The maximum absolute atomic E-state index is 11.8. The van der Waals surface area contributed by atoms with E-state index >= 15 is 0 Å². The molecule has 1 atom stereocenters. The van der Waals surface area contributed by atoms with E-state index in [2.05, 4.69) is 21.2 Å². The molecule has 0 bridgehead atoms. The first-order valence-corrected chi connectivity index (χ1v) is 11.1. The highest BCUT2D eigenvalue weighted by atomic mass is 79.9. The Hall–Kier alpha value is -1.90. The molecule has 0 fully saturated rings. The van der Waals surface area contributed by atoms with Crippen molar-refractivity contribution in [2.24, 2.45) is 0 Å². The lowest BCUT2D eigenvalue weighted by Crippen LogP contribution is -2.41. The summed E-state index contributed by atoms with van der Waals surface area (Å²) in [6, 6.07) is 13.5. The average molecular weight is 503 g/mol. The molecule has 2 aromatic rings. The van der Waals surface area contributed by atoms with Gasteiger partial charge in [0.05, 0.1) is 11.1 Å². The lowest BCUT2D eigenvalue weighted by Gasteiger charge is -2.14. The summed E-state index contributed by atoms with van der Waals surface area (Å²) in [7, 11) is 0. The van der Waals surface area contributed by atoms with Gasteiger partial charge < -0.3 is 19.9 Å². The van der Waals surface area contributed by atoms with Crippen LogP contribution in [0.1, 0.15) is 12.0 Å². The number of alkyl carbamates (subject to hydrolysis) is 1. The second-order valence-electron chi connectivity index (χ2n) is 5.92. The molecule has 0 aromatic heterocycles. The smallest absolute Gasteiger partial charge is 0.408 e. The van der Waals surface area contributed by atoms with E-state index in [0.717, 1.165) is 10.0 Å². The monoisotopic (exact) mass is 501 g/mol. The molecule has 2 N–H and O–H groups in total. The molecule has 1 amide bonds. The second-order valence-corrected chi connectivity index (χ2v) is 8.44. The summed E-state index contributed by atoms with van der Waals surface area (Å²) in [5.41, 5.74) is 0.831. The highest BCUT2D eigenvalue weighted by Gasteiger charge is 2.20. The molecule has 0 aliphatic carbocycles. The summed E-state index contributed by atoms with van der Waals surface area (Å²) in [6.45, 7) is 0.556. The topological polar surface area (TPSA) is 84.9 Å². The van der Waals surface area contributed by atoms with Crippen LogP contribution >= 0.6 is 39.3 Å². The third kappa shape index (κ3) is 8.97. The number of benzene rings is 2. The number of rotatable bonds is 11. The van der Waals surface area contributed by atoms with Gasteiger partial charge in [-0.25, -0.2) is 9.59 Å². The van der Waals surface area contributed by atoms with Crippen LogP contribution in [-0.2, 0) is 16.1 Å². The number of nitrogens with one attached hydrogen (secondary N) is 1. The molecule has 29 heavy (non-hydrogen) atoms. The highest BCUT2D eigenvalue weighted by Crippen LogP contribution is 2.28. The molecule has 0 aliphatic rings. The van der Waals surface area contributed by atoms with Gasteiger partial charge in [-0.1, -0.05) is 41.9 Å². The van der Waals surface area contributed by atoms with Crippen molar-refractivity contribution < 1.29 is 24.2 Å². The van der Waals surface area contributed by atoms with Crippen molar-refractivity contribution in [2.75, 3.05) is 18.1 Å². The van der Waals surface area contributed by atoms with Crippen LogP contribution in [0.4, 0.5) is 4.79 Å². The zero-order chi connectivity index (χ0) is 21.1. The van der Waals surface area contributed by atoms with Crippen LogP contribution in [-0.4, -0.2) is 41.3 Å². The highest BCUT2D eigenvalue weighted by molar-refractivity contribution is 9.10. The van der Waals surface area contributed by atoms with Gasteiger partial charge in [-0.3, -0.25) is 0 Å². The van der Waals surface area contributed by atoms with Crippen LogP contribution in [0.5, 0.6) is 5.75 Å². The lowest BCUT2D eigenvalue weighted by molar-refractivity contribution is -0.139. The third-order valence-electron chi connectivity index (χ3n) is 3.73. The van der Waals surface area contributed by atoms with Gasteiger partial charge in [0.1, 0.15) is 18.4 Å². The van der Waals surface area contributed by atoms with E-state index in [9.17, 15) is 14.7 Å². The van der Waals surface area contributed by atoms with Gasteiger partial charge in [-0.05, 0) is 51.9 Å². The van der Waals surface area contributed by atoms with Crippen molar-refractivity contribution in [2.45, 2.75) is 19.1 Å². The number of carbonyl (C=O) groups is 2. The summed E-state index contributed by atoms with van der Waals surface area (Å²) in [5, 5.41) is 12.3. The Morgan fingerprint density at radius 3 is 2.62 bits per heavy atom. The number of carboxylic acids is 1. The second kappa shape index (κ2) is 12.6. The normalized spacial score (nSPS) is 11.5. The Bertz CT molecular complexity index is 809. The minimum absolute atomic E-state index is 0.0886. The Balaban J connectivity index is 1.64. The van der Waals surface area contributed by atoms with Gasteiger partial charge in [0.2, 0.25) is 0 Å². The van der Waals surface area contributed by atoms with E-state index in [1.165, 1.54) is 0 Å². The van der Waals surface area contributed by atoms with Gasteiger partial charge in [-0.2, -0.15) is 11.8 Å². The number of amides is 1. The predicted molar refractivity (Wildman–Crippen MR) is 118 cm³/mol. The SMILES string of the molecule is O=C(NC(CCSCCOc1ccc(Cl)cc1Br)C(=O)O)OCc1ccccc1. The number of aliphatic carboxylic acids is 1. The van der Waals surface area contributed by atoms with Crippen LogP contribution in [0.15, 0.2) is 53.0 Å². The number of thioether (sulfide) groups is 1. The number of hydrogen-bond donors (Lipinski definition) is 2. The Kier molecular flexibility index (Phi) is 10.2. The van der Waals surface area contributed by atoms with Crippen molar-refractivity contribution in [3.63, 3.8) is 0 Å². The molecule has 9 heteroatoms. The number of carbonyl (C=O) groups excluding carboxylic acids is 1. The minimum atomic E-state index is -1.09. The average Bonchev–Trinajstić information content (AvgIpc) is 2.70. The number of ether oxygens (including phenoxy) is 2. The maximum Gasteiger partial charge on any atom is 0.408 e. The zero-order valence-electron chi connectivity index (χ0n) is 15.5. The van der Waals surface area contributed by atoms with Gasteiger partial charge >= 0.3 is 12.1 Å². The summed E-state index contributed by atoms with van der Waals surface area (Å²) in [6.07, 6.45) is -0.465. The van der Waals surface area contributed by atoms with E-state index < -0.39 is 18.1 Å². The van der Waals surface area contributed by atoms with Gasteiger partial charge in [-0.15, -0.1) is 0 Å². The van der Waals surface area contributed by atoms with E-state index in [0.29, 0.717) is 28.9 Å². The van der Waals surface area contributed by atoms with Gasteiger partial charge in [0, 0.05) is 10.8 Å². The molecule has 0 aliphatic heterocycles. The Labute approximate surface area is 187 Å². The molecular formula is C20H21BrClNO5S. The van der Waals surface area contributed by atoms with Crippen molar-refractivity contribution in [3.05, 3.63) is 63.6 Å². The van der Waals surface area contributed by atoms with E-state index in [1.54, 1.807) is 30.0 Å². The van der Waals surface area contributed by atoms with Crippen LogP contribution < -0.4 is 10.1 Å². The first kappa shape index (κ1) is 23.4. The maximum atomic E-state index is 11.8. The van der Waals surface area contributed by atoms with Crippen molar-refractivity contribution in [3.8, 4) is 5.75 Å². The molecular weight excluding hydrogens is 482 g/mol. The molecule has 0 radical (unpaired) electrons. The molecule has 0 heterocycles. The van der Waals surface area contributed by atoms with Gasteiger partial charge in [0.25, 0.3) is 0 Å². The molecule has 1 unspecified atom stereocenters. The lowest BCUT2D eigenvalue weighted by atomic mass is 10.2. The Morgan fingerprint density at radius 1 is 1.17 bits per heavy atom. The molecule has 0 spiro atoms. The fourth-order valence-electron chi connectivity index (χ4n) is 2.27. The van der Waals surface area contributed by atoms with E-state index in [1.807, 2.05) is 30.3 Å².